The van der Waals surface area contributed by atoms with Gasteiger partial charge in [-0.05, 0) is 37.1 Å². The molecule has 0 spiro atoms. The fourth-order valence-electron chi connectivity index (χ4n) is 3.15. The molecule has 0 unspecified atom stereocenters. The van der Waals surface area contributed by atoms with Crippen molar-refractivity contribution in [2.45, 2.75) is 18.9 Å². The van der Waals surface area contributed by atoms with Gasteiger partial charge in [-0.3, -0.25) is 4.79 Å². The maximum Gasteiger partial charge on any atom is 0.318 e. The molecular formula is C20H18Cl2FN5O3. The van der Waals surface area contributed by atoms with Crippen molar-refractivity contribution in [2.24, 2.45) is 0 Å². The zero-order valence-electron chi connectivity index (χ0n) is 16.2. The molecule has 0 radical (unpaired) electrons. The minimum Gasteiger partial charge on any atom is -0.484 e. The van der Waals surface area contributed by atoms with Crippen LogP contribution in [0.2, 0.25) is 10.0 Å². The normalized spacial score (nSPS) is 14.5. The number of carbonyl (C=O) groups is 1. The minimum atomic E-state index is -0.594. The van der Waals surface area contributed by atoms with Crippen LogP contribution in [0.4, 0.5) is 10.4 Å². The maximum atomic E-state index is 13.4. The zero-order valence-corrected chi connectivity index (χ0v) is 17.7. The lowest BCUT2D eigenvalue weighted by atomic mass is 10.1. The monoisotopic (exact) mass is 465 g/mol. The summed E-state index contributed by atoms with van der Waals surface area (Å²) in [7, 11) is 0. The van der Waals surface area contributed by atoms with E-state index in [4.69, 9.17) is 32.4 Å². The largest absolute Gasteiger partial charge is 0.484 e. The van der Waals surface area contributed by atoms with Crippen molar-refractivity contribution in [2.75, 3.05) is 24.6 Å². The van der Waals surface area contributed by atoms with E-state index in [9.17, 15) is 9.18 Å². The van der Waals surface area contributed by atoms with Gasteiger partial charge in [0.25, 0.3) is 11.8 Å². The molecule has 3 aromatic rings. The first-order valence-electron chi connectivity index (χ1n) is 9.55. The van der Waals surface area contributed by atoms with Gasteiger partial charge in [0.2, 0.25) is 0 Å². The first kappa shape index (κ1) is 21.3. The van der Waals surface area contributed by atoms with Crippen LogP contribution in [0.5, 0.6) is 5.75 Å². The number of benzene rings is 1. The Morgan fingerprint density at radius 1 is 1.23 bits per heavy atom. The standard InChI is InChI=1S/C20H18Cl2FN5O3/c21-12-1-4-17(24-10-12)19-26-27-20(31-19)28-7-5-13(6-8-28)25-18(29)11-30-14-2-3-15(22)16(23)9-14/h1-4,9-10,13H,5-8,11H2,(H,25,29). The number of amides is 1. The Morgan fingerprint density at radius 2 is 2.03 bits per heavy atom. The van der Waals surface area contributed by atoms with E-state index in [1.807, 2.05) is 4.90 Å². The Morgan fingerprint density at radius 3 is 2.74 bits per heavy atom. The smallest absolute Gasteiger partial charge is 0.318 e. The molecule has 31 heavy (non-hydrogen) atoms. The molecular weight excluding hydrogens is 448 g/mol. The summed E-state index contributed by atoms with van der Waals surface area (Å²) in [4.78, 5) is 18.3. The summed E-state index contributed by atoms with van der Waals surface area (Å²) in [5, 5.41) is 11.6. The molecule has 1 amide bonds. The molecule has 8 nitrogen and oxygen atoms in total. The van der Waals surface area contributed by atoms with Gasteiger partial charge >= 0.3 is 6.01 Å². The Bertz CT molecular complexity index is 1060. The van der Waals surface area contributed by atoms with Crippen molar-refractivity contribution < 1.29 is 18.3 Å². The summed E-state index contributed by atoms with van der Waals surface area (Å²) in [6, 6.07) is 7.85. The second-order valence-corrected chi connectivity index (χ2v) is 7.79. The Labute approximate surface area is 187 Å². The molecule has 0 bridgehead atoms. The molecule has 1 aliphatic rings. The van der Waals surface area contributed by atoms with Gasteiger partial charge in [-0.1, -0.05) is 28.3 Å². The van der Waals surface area contributed by atoms with Crippen LogP contribution in [0.25, 0.3) is 11.6 Å². The zero-order chi connectivity index (χ0) is 21.8. The van der Waals surface area contributed by atoms with Gasteiger partial charge in [-0.15, -0.1) is 5.10 Å². The van der Waals surface area contributed by atoms with Gasteiger partial charge in [0, 0.05) is 31.4 Å². The van der Waals surface area contributed by atoms with Gasteiger partial charge in [0.15, 0.2) is 6.61 Å². The summed E-state index contributed by atoms with van der Waals surface area (Å²) >= 11 is 11.5. The third kappa shape index (κ3) is 5.42. The van der Waals surface area contributed by atoms with Gasteiger partial charge in [-0.2, -0.15) is 0 Å². The van der Waals surface area contributed by atoms with Crippen molar-refractivity contribution in [1.82, 2.24) is 20.5 Å². The Kier molecular flexibility index (Phi) is 6.53. The van der Waals surface area contributed by atoms with Crippen molar-refractivity contribution >= 4 is 35.1 Å². The van der Waals surface area contributed by atoms with Gasteiger partial charge in [-0.25, -0.2) is 9.37 Å². The van der Waals surface area contributed by atoms with Crippen LogP contribution in [0.3, 0.4) is 0 Å². The lowest BCUT2D eigenvalue weighted by Crippen LogP contribution is -2.46. The quantitative estimate of drug-likeness (QED) is 0.592. The highest BCUT2D eigenvalue weighted by atomic mass is 35.5. The number of halogens is 3. The van der Waals surface area contributed by atoms with Crippen LogP contribution in [0.15, 0.2) is 40.9 Å². The van der Waals surface area contributed by atoms with Gasteiger partial charge < -0.3 is 19.4 Å². The topological polar surface area (TPSA) is 93.4 Å². The van der Waals surface area contributed by atoms with E-state index in [-0.39, 0.29) is 29.3 Å². The van der Waals surface area contributed by atoms with E-state index in [0.29, 0.717) is 48.6 Å². The molecule has 0 atom stereocenters. The number of pyridine rings is 1. The third-order valence-corrected chi connectivity index (χ3v) is 5.28. The van der Waals surface area contributed by atoms with Crippen molar-refractivity contribution in [3.8, 4) is 17.3 Å². The molecule has 2 aromatic heterocycles. The van der Waals surface area contributed by atoms with E-state index in [0.717, 1.165) is 6.07 Å². The average Bonchev–Trinajstić information content (AvgIpc) is 3.26. The number of hydrogen-bond donors (Lipinski definition) is 1. The molecule has 162 valence electrons. The summed E-state index contributed by atoms with van der Waals surface area (Å²) in [5.74, 6) is -0.308. The van der Waals surface area contributed by atoms with Gasteiger partial charge in [0.05, 0.1) is 10.0 Å². The number of ether oxygens (including phenoxy) is 1. The first-order valence-corrected chi connectivity index (χ1v) is 10.3. The van der Waals surface area contributed by atoms with Crippen LogP contribution < -0.4 is 15.0 Å². The predicted molar refractivity (Wildman–Crippen MR) is 113 cm³/mol. The number of hydrogen-bond acceptors (Lipinski definition) is 7. The number of nitrogens with one attached hydrogen (secondary N) is 1. The summed E-state index contributed by atoms with van der Waals surface area (Å²) in [6.45, 7) is 1.08. The van der Waals surface area contributed by atoms with E-state index < -0.39 is 5.82 Å². The van der Waals surface area contributed by atoms with Crippen molar-refractivity contribution in [3.05, 3.63) is 52.4 Å². The van der Waals surface area contributed by atoms with Gasteiger partial charge in [0.1, 0.15) is 17.3 Å². The minimum absolute atomic E-state index is 0.00126. The van der Waals surface area contributed by atoms with E-state index in [2.05, 4.69) is 20.5 Å². The van der Waals surface area contributed by atoms with E-state index in [1.165, 1.54) is 18.3 Å². The van der Waals surface area contributed by atoms with Crippen molar-refractivity contribution in [1.29, 1.82) is 0 Å². The molecule has 0 saturated carbocycles. The SMILES string of the molecule is O=C(COc1ccc(Cl)c(F)c1)NC1CCN(c2nnc(-c3ccc(Cl)cn3)o2)CC1. The molecule has 0 aliphatic carbocycles. The molecule has 1 saturated heterocycles. The Balaban J connectivity index is 1.24. The van der Waals surface area contributed by atoms with Crippen LogP contribution in [0.1, 0.15) is 12.8 Å². The summed E-state index contributed by atoms with van der Waals surface area (Å²) in [6.07, 6.45) is 2.93. The fourth-order valence-corrected chi connectivity index (χ4v) is 3.38. The maximum absolute atomic E-state index is 13.4. The highest BCUT2D eigenvalue weighted by molar-refractivity contribution is 6.30. The Hall–Kier alpha value is -2.91. The molecule has 1 aromatic carbocycles. The third-order valence-electron chi connectivity index (χ3n) is 4.75. The summed E-state index contributed by atoms with van der Waals surface area (Å²) in [5.41, 5.74) is 0.547. The number of rotatable bonds is 6. The van der Waals surface area contributed by atoms with Crippen LogP contribution in [-0.2, 0) is 4.79 Å². The highest BCUT2D eigenvalue weighted by Crippen LogP contribution is 2.24. The molecule has 1 N–H and O–H groups in total. The fraction of sp³-hybridized carbons (Fsp3) is 0.300. The summed E-state index contributed by atoms with van der Waals surface area (Å²) < 4.78 is 24.5. The molecule has 1 fully saturated rings. The lowest BCUT2D eigenvalue weighted by Gasteiger charge is -2.30. The first-order chi connectivity index (χ1) is 15.0. The van der Waals surface area contributed by atoms with Crippen LogP contribution in [0, 0.1) is 5.82 Å². The van der Waals surface area contributed by atoms with E-state index >= 15 is 0 Å². The predicted octanol–water partition coefficient (Wildman–Crippen LogP) is 3.74. The van der Waals surface area contributed by atoms with Crippen LogP contribution in [-0.4, -0.2) is 46.8 Å². The second-order valence-electron chi connectivity index (χ2n) is 6.94. The molecule has 11 heteroatoms. The number of nitrogens with zero attached hydrogens (tertiary/aromatic N) is 4. The number of piperidine rings is 1. The highest BCUT2D eigenvalue weighted by Gasteiger charge is 2.24. The molecule has 1 aliphatic heterocycles. The van der Waals surface area contributed by atoms with Crippen molar-refractivity contribution in [3.63, 3.8) is 0 Å². The molecule has 4 rings (SSSR count). The number of anilines is 1. The molecule has 3 heterocycles. The van der Waals surface area contributed by atoms with E-state index in [1.54, 1.807) is 12.1 Å². The lowest BCUT2D eigenvalue weighted by molar-refractivity contribution is -0.123. The number of carbonyl (C=O) groups excluding carboxylic acids is 1. The van der Waals surface area contributed by atoms with Crippen LogP contribution >= 0.6 is 23.2 Å². The average molecular weight is 466 g/mol. The number of aromatic nitrogens is 3. The second kappa shape index (κ2) is 9.49.